The standard InChI is InChI=1S/C10H14N2/c1-7(2)8-5-11-12(6-8)10-3-9(10)4-10/h5-7,9H,3-4H2,1-2H3. The molecule has 0 aliphatic heterocycles. The molecule has 0 radical (unpaired) electrons. The zero-order valence-corrected chi connectivity index (χ0v) is 7.62. The smallest absolute Gasteiger partial charge is 0.0664 e. The number of aromatic nitrogens is 2. The highest BCUT2D eigenvalue weighted by Gasteiger charge is 2.72. The maximum atomic E-state index is 4.43. The Morgan fingerprint density at radius 1 is 1.58 bits per heavy atom. The van der Waals surface area contributed by atoms with E-state index in [1.54, 1.807) is 0 Å². The maximum absolute atomic E-state index is 4.43. The fourth-order valence-corrected chi connectivity index (χ4v) is 1.93. The van der Waals surface area contributed by atoms with E-state index in [9.17, 15) is 0 Å². The topological polar surface area (TPSA) is 17.8 Å². The van der Waals surface area contributed by atoms with Crippen LogP contribution in [0.3, 0.4) is 0 Å². The van der Waals surface area contributed by atoms with E-state index in [-0.39, 0.29) is 0 Å². The van der Waals surface area contributed by atoms with Gasteiger partial charge in [-0.2, -0.15) is 5.10 Å². The van der Waals surface area contributed by atoms with Crippen LogP contribution in [0.5, 0.6) is 0 Å². The largest absolute Gasteiger partial charge is 0.266 e. The number of rotatable bonds is 2. The summed E-state index contributed by atoms with van der Waals surface area (Å²) in [6, 6.07) is 0. The second-order valence-electron chi connectivity index (χ2n) is 4.58. The molecule has 0 aromatic carbocycles. The Kier molecular flexibility index (Phi) is 0.980. The highest BCUT2D eigenvalue weighted by molar-refractivity contribution is 5.25. The molecule has 0 atom stereocenters. The fraction of sp³-hybridized carbons (Fsp3) is 0.700. The Hall–Kier alpha value is -0.790. The molecule has 0 bridgehead atoms. The van der Waals surface area contributed by atoms with E-state index < -0.39 is 0 Å². The number of nitrogens with zero attached hydrogens (tertiary/aromatic N) is 2. The number of hydrogen-bond acceptors (Lipinski definition) is 1. The van der Waals surface area contributed by atoms with Crippen molar-refractivity contribution in [3.8, 4) is 0 Å². The second kappa shape index (κ2) is 1.76. The summed E-state index contributed by atoms with van der Waals surface area (Å²) < 4.78 is 2.20. The summed E-state index contributed by atoms with van der Waals surface area (Å²) >= 11 is 0. The summed E-state index contributed by atoms with van der Waals surface area (Å²) in [5.41, 5.74) is 1.90. The van der Waals surface area contributed by atoms with Gasteiger partial charge in [0.2, 0.25) is 0 Å². The molecule has 64 valence electrons. The van der Waals surface area contributed by atoms with Crippen molar-refractivity contribution in [3.63, 3.8) is 0 Å². The zero-order valence-electron chi connectivity index (χ0n) is 7.62. The number of hydrogen-bond donors (Lipinski definition) is 0. The lowest BCUT2D eigenvalue weighted by molar-refractivity contribution is 0.529. The summed E-state index contributed by atoms with van der Waals surface area (Å²) in [5.74, 6) is 1.60. The van der Waals surface area contributed by atoms with Gasteiger partial charge in [0.05, 0.1) is 11.7 Å². The van der Waals surface area contributed by atoms with Gasteiger partial charge in [-0.25, -0.2) is 0 Å². The molecule has 0 unspecified atom stereocenters. The molecular weight excluding hydrogens is 148 g/mol. The minimum absolute atomic E-state index is 0.521. The molecule has 1 aromatic rings. The van der Waals surface area contributed by atoms with E-state index in [1.807, 2.05) is 6.20 Å². The molecule has 2 nitrogen and oxygen atoms in total. The third-order valence-corrected chi connectivity index (χ3v) is 3.36. The molecule has 1 heterocycles. The fourth-order valence-electron chi connectivity index (χ4n) is 1.93. The summed E-state index contributed by atoms with van der Waals surface area (Å²) in [6.07, 6.45) is 7.02. The monoisotopic (exact) mass is 162 g/mol. The Balaban J connectivity index is 1.93. The van der Waals surface area contributed by atoms with Gasteiger partial charge in [-0.15, -0.1) is 0 Å². The normalized spacial score (nSPS) is 36.8. The molecule has 0 saturated heterocycles. The second-order valence-corrected chi connectivity index (χ2v) is 4.58. The van der Waals surface area contributed by atoms with Crippen molar-refractivity contribution in [1.29, 1.82) is 0 Å². The van der Waals surface area contributed by atoms with Crippen molar-refractivity contribution in [2.45, 2.75) is 38.1 Å². The van der Waals surface area contributed by atoms with Crippen molar-refractivity contribution in [2.75, 3.05) is 0 Å². The van der Waals surface area contributed by atoms with Crippen LogP contribution in [0.25, 0.3) is 0 Å². The van der Waals surface area contributed by atoms with Crippen LogP contribution in [0.1, 0.15) is 38.2 Å². The lowest BCUT2D eigenvalue weighted by Crippen LogP contribution is -2.06. The van der Waals surface area contributed by atoms with E-state index in [1.165, 1.54) is 18.4 Å². The van der Waals surface area contributed by atoms with Gasteiger partial charge in [0.25, 0.3) is 0 Å². The minimum atomic E-state index is 0.521. The molecule has 2 aliphatic carbocycles. The highest BCUT2D eigenvalue weighted by Crippen LogP contribution is 2.72. The van der Waals surface area contributed by atoms with E-state index in [0.717, 1.165) is 5.92 Å². The molecule has 1 aromatic heterocycles. The van der Waals surface area contributed by atoms with Gasteiger partial charge in [-0.1, -0.05) is 13.8 Å². The predicted octanol–water partition coefficient (Wildman–Crippen LogP) is 2.13. The molecule has 2 fully saturated rings. The van der Waals surface area contributed by atoms with Crippen LogP contribution in [-0.4, -0.2) is 9.78 Å². The van der Waals surface area contributed by atoms with Crippen LogP contribution < -0.4 is 0 Å². The zero-order chi connectivity index (χ0) is 8.34. The average Bonchev–Trinajstić information content (AvgIpc) is 2.76. The van der Waals surface area contributed by atoms with E-state index in [0.29, 0.717) is 11.5 Å². The highest BCUT2D eigenvalue weighted by atomic mass is 15.4. The molecule has 0 amide bonds. The van der Waals surface area contributed by atoms with Crippen LogP contribution in [-0.2, 0) is 5.54 Å². The maximum Gasteiger partial charge on any atom is 0.0664 e. The summed E-state index contributed by atoms with van der Waals surface area (Å²) in [7, 11) is 0. The first-order chi connectivity index (χ1) is 5.72. The van der Waals surface area contributed by atoms with Gasteiger partial charge in [-0.05, 0) is 30.2 Å². The SMILES string of the molecule is CC(C)c1cnn(C23CC2C3)c1. The molecule has 2 heteroatoms. The van der Waals surface area contributed by atoms with Crippen molar-refractivity contribution in [1.82, 2.24) is 9.78 Å². The first-order valence-electron chi connectivity index (χ1n) is 4.77. The van der Waals surface area contributed by atoms with Gasteiger partial charge < -0.3 is 0 Å². The molecule has 2 saturated carbocycles. The molecule has 12 heavy (non-hydrogen) atoms. The first-order valence-corrected chi connectivity index (χ1v) is 4.77. The third kappa shape index (κ3) is 0.680. The Morgan fingerprint density at radius 3 is 2.67 bits per heavy atom. The van der Waals surface area contributed by atoms with Crippen LogP contribution in [0.15, 0.2) is 12.4 Å². The molecule has 0 N–H and O–H groups in total. The van der Waals surface area contributed by atoms with Crippen molar-refractivity contribution in [2.24, 2.45) is 5.92 Å². The minimum Gasteiger partial charge on any atom is -0.266 e. The summed E-state index contributed by atoms with van der Waals surface area (Å²) in [6.45, 7) is 4.44. The predicted molar refractivity (Wildman–Crippen MR) is 47.0 cm³/mol. The van der Waals surface area contributed by atoms with E-state index in [2.05, 4.69) is 29.8 Å². The van der Waals surface area contributed by atoms with E-state index >= 15 is 0 Å². The Labute approximate surface area is 72.6 Å². The lowest BCUT2D eigenvalue weighted by atomic mass is 10.1. The van der Waals surface area contributed by atoms with Gasteiger partial charge in [0.1, 0.15) is 0 Å². The van der Waals surface area contributed by atoms with Crippen molar-refractivity contribution >= 4 is 0 Å². The van der Waals surface area contributed by atoms with Crippen LogP contribution >= 0.6 is 0 Å². The van der Waals surface area contributed by atoms with Gasteiger partial charge in [0, 0.05) is 6.20 Å². The first kappa shape index (κ1) is 6.70. The van der Waals surface area contributed by atoms with Crippen molar-refractivity contribution < 1.29 is 0 Å². The van der Waals surface area contributed by atoms with Crippen LogP contribution in [0, 0.1) is 5.92 Å². The quantitative estimate of drug-likeness (QED) is 0.651. The molecule has 0 spiro atoms. The van der Waals surface area contributed by atoms with Crippen molar-refractivity contribution in [3.05, 3.63) is 18.0 Å². The van der Waals surface area contributed by atoms with Gasteiger partial charge in [0.15, 0.2) is 0 Å². The average molecular weight is 162 g/mol. The molecule has 3 rings (SSSR count). The van der Waals surface area contributed by atoms with Gasteiger partial charge >= 0.3 is 0 Å². The lowest BCUT2D eigenvalue weighted by Gasteiger charge is -2.02. The molecule has 2 aliphatic rings. The van der Waals surface area contributed by atoms with Gasteiger partial charge in [-0.3, -0.25) is 4.68 Å². The molecular formula is C10H14N2. The Bertz CT molecular complexity index is 318. The Morgan fingerprint density at radius 2 is 2.25 bits per heavy atom. The van der Waals surface area contributed by atoms with Crippen LogP contribution in [0.2, 0.25) is 0 Å². The summed E-state index contributed by atoms with van der Waals surface area (Å²) in [4.78, 5) is 0. The third-order valence-electron chi connectivity index (χ3n) is 3.36. The summed E-state index contributed by atoms with van der Waals surface area (Å²) in [5, 5.41) is 4.43. The number of fused-ring (bicyclic) bond motifs is 1. The van der Waals surface area contributed by atoms with Crippen LogP contribution in [0.4, 0.5) is 0 Å². The van der Waals surface area contributed by atoms with E-state index in [4.69, 9.17) is 0 Å².